The van der Waals surface area contributed by atoms with E-state index < -0.39 is 5.60 Å². The molecule has 0 bridgehead atoms. The summed E-state index contributed by atoms with van der Waals surface area (Å²) >= 11 is 0. The third kappa shape index (κ3) is 1.87. The molecule has 0 amide bonds. The van der Waals surface area contributed by atoms with Gasteiger partial charge in [0.05, 0.1) is 12.2 Å². The lowest BCUT2D eigenvalue weighted by atomic mass is 9.72. The summed E-state index contributed by atoms with van der Waals surface area (Å²) in [7, 11) is 1.62. The molecule has 78 valence electrons. The van der Waals surface area contributed by atoms with Crippen LogP contribution in [0.2, 0.25) is 0 Å². The predicted molar refractivity (Wildman–Crippen MR) is 52.4 cm³/mol. The predicted octanol–water partition coefficient (Wildman–Crippen LogP) is 0.759. The maximum atomic E-state index is 10.5. The molecule has 13 heavy (non-hydrogen) atoms. The minimum atomic E-state index is -0.740. The summed E-state index contributed by atoms with van der Waals surface area (Å²) in [6.45, 7) is 4.89. The molecule has 1 atom stereocenters. The van der Waals surface area contributed by atoms with Gasteiger partial charge in [-0.3, -0.25) is 0 Å². The lowest BCUT2D eigenvalue weighted by Gasteiger charge is -2.42. The number of ether oxygens (including phenoxy) is 1. The maximum Gasteiger partial charge on any atom is 0.0970 e. The van der Waals surface area contributed by atoms with Crippen LogP contribution in [0, 0.1) is 11.3 Å². The fourth-order valence-electron chi connectivity index (χ4n) is 1.82. The maximum absolute atomic E-state index is 10.5. The molecule has 1 unspecified atom stereocenters. The molecule has 1 saturated carbocycles. The van der Waals surface area contributed by atoms with E-state index in [1.807, 2.05) is 13.8 Å². The Hall–Kier alpha value is -0.120. The number of nitrogens with two attached hydrogens (primary N) is 1. The van der Waals surface area contributed by atoms with Gasteiger partial charge in [-0.05, 0) is 18.8 Å². The summed E-state index contributed by atoms with van der Waals surface area (Å²) in [5.41, 5.74) is 4.67. The molecule has 0 spiro atoms. The SMILES string of the molecule is COCC(O)(C1CC1)C(C)(C)CN. The van der Waals surface area contributed by atoms with Crippen molar-refractivity contribution in [1.29, 1.82) is 0 Å². The molecule has 3 N–H and O–H groups in total. The summed E-state index contributed by atoms with van der Waals surface area (Å²) in [6, 6.07) is 0. The van der Waals surface area contributed by atoms with Crippen molar-refractivity contribution in [3.05, 3.63) is 0 Å². The summed E-state index contributed by atoms with van der Waals surface area (Å²) in [6.07, 6.45) is 2.20. The van der Waals surface area contributed by atoms with Crippen molar-refractivity contribution in [2.24, 2.45) is 17.1 Å². The van der Waals surface area contributed by atoms with E-state index in [-0.39, 0.29) is 5.41 Å². The Morgan fingerprint density at radius 1 is 1.46 bits per heavy atom. The van der Waals surface area contributed by atoms with E-state index in [4.69, 9.17) is 10.5 Å². The van der Waals surface area contributed by atoms with Gasteiger partial charge in [-0.25, -0.2) is 0 Å². The quantitative estimate of drug-likeness (QED) is 0.668. The molecule has 0 aromatic carbocycles. The summed E-state index contributed by atoms with van der Waals surface area (Å²) in [5.74, 6) is 0.381. The van der Waals surface area contributed by atoms with E-state index in [2.05, 4.69) is 0 Å². The molecule has 3 nitrogen and oxygen atoms in total. The second-order valence-corrected chi connectivity index (χ2v) is 4.72. The molecule has 0 radical (unpaired) electrons. The topological polar surface area (TPSA) is 55.5 Å². The highest BCUT2D eigenvalue weighted by Gasteiger charge is 2.52. The fraction of sp³-hybridized carbons (Fsp3) is 1.00. The smallest absolute Gasteiger partial charge is 0.0970 e. The van der Waals surface area contributed by atoms with Gasteiger partial charge in [0, 0.05) is 19.1 Å². The summed E-state index contributed by atoms with van der Waals surface area (Å²) in [4.78, 5) is 0. The number of aliphatic hydroxyl groups is 1. The van der Waals surface area contributed by atoms with Crippen molar-refractivity contribution in [2.75, 3.05) is 20.3 Å². The lowest BCUT2D eigenvalue weighted by Crippen LogP contribution is -2.53. The minimum absolute atomic E-state index is 0.260. The van der Waals surface area contributed by atoms with Gasteiger partial charge in [0.15, 0.2) is 0 Å². The Morgan fingerprint density at radius 3 is 2.31 bits per heavy atom. The van der Waals surface area contributed by atoms with Gasteiger partial charge >= 0.3 is 0 Å². The highest BCUT2D eigenvalue weighted by Crippen LogP contribution is 2.48. The Kier molecular flexibility index (Phi) is 3.00. The zero-order valence-corrected chi connectivity index (χ0v) is 8.84. The summed E-state index contributed by atoms with van der Waals surface area (Å²) in [5, 5.41) is 10.5. The van der Waals surface area contributed by atoms with Gasteiger partial charge in [-0.1, -0.05) is 13.8 Å². The van der Waals surface area contributed by atoms with Gasteiger partial charge in [-0.15, -0.1) is 0 Å². The van der Waals surface area contributed by atoms with Crippen molar-refractivity contribution in [3.63, 3.8) is 0 Å². The van der Waals surface area contributed by atoms with Crippen molar-refractivity contribution < 1.29 is 9.84 Å². The number of methoxy groups -OCH3 is 1. The molecule has 1 aliphatic carbocycles. The molecule has 1 aliphatic rings. The van der Waals surface area contributed by atoms with Crippen molar-refractivity contribution in [2.45, 2.75) is 32.3 Å². The van der Waals surface area contributed by atoms with Gasteiger partial charge in [-0.2, -0.15) is 0 Å². The fourth-order valence-corrected chi connectivity index (χ4v) is 1.82. The zero-order valence-electron chi connectivity index (χ0n) is 8.84. The first kappa shape index (κ1) is 11.0. The molecule has 0 saturated heterocycles. The van der Waals surface area contributed by atoms with Crippen molar-refractivity contribution in [3.8, 4) is 0 Å². The molecule has 0 aromatic rings. The van der Waals surface area contributed by atoms with Crippen LogP contribution in [-0.2, 0) is 4.74 Å². The van der Waals surface area contributed by atoms with E-state index in [1.54, 1.807) is 7.11 Å². The Balaban J connectivity index is 2.76. The third-order valence-corrected chi connectivity index (χ3v) is 3.30. The van der Waals surface area contributed by atoms with E-state index in [9.17, 15) is 5.11 Å². The van der Waals surface area contributed by atoms with E-state index in [0.717, 1.165) is 12.8 Å². The van der Waals surface area contributed by atoms with Crippen LogP contribution in [-0.4, -0.2) is 31.0 Å². The average molecular weight is 187 g/mol. The zero-order chi connectivity index (χ0) is 10.1. The first-order valence-corrected chi connectivity index (χ1v) is 4.89. The van der Waals surface area contributed by atoms with Crippen LogP contribution in [0.3, 0.4) is 0 Å². The van der Waals surface area contributed by atoms with E-state index in [1.165, 1.54) is 0 Å². The highest BCUT2D eigenvalue weighted by molar-refractivity contribution is 5.03. The largest absolute Gasteiger partial charge is 0.387 e. The lowest BCUT2D eigenvalue weighted by molar-refractivity contribution is -0.123. The monoisotopic (exact) mass is 187 g/mol. The van der Waals surface area contributed by atoms with Crippen LogP contribution < -0.4 is 5.73 Å². The third-order valence-electron chi connectivity index (χ3n) is 3.30. The van der Waals surface area contributed by atoms with Gasteiger partial charge in [0.25, 0.3) is 0 Å². The van der Waals surface area contributed by atoms with Gasteiger partial charge in [0.2, 0.25) is 0 Å². The van der Waals surface area contributed by atoms with Gasteiger partial charge < -0.3 is 15.6 Å². The average Bonchev–Trinajstić information content (AvgIpc) is 2.87. The van der Waals surface area contributed by atoms with E-state index in [0.29, 0.717) is 19.1 Å². The Morgan fingerprint density at radius 2 is 2.00 bits per heavy atom. The van der Waals surface area contributed by atoms with Crippen molar-refractivity contribution >= 4 is 0 Å². The molecule has 1 fully saturated rings. The Bertz CT molecular complexity index is 178. The first-order chi connectivity index (χ1) is 5.98. The van der Waals surface area contributed by atoms with E-state index >= 15 is 0 Å². The van der Waals surface area contributed by atoms with Crippen molar-refractivity contribution in [1.82, 2.24) is 0 Å². The Labute approximate surface area is 80.3 Å². The molecule has 3 heteroatoms. The standard InChI is InChI=1S/C10H21NO2/c1-9(2,6-11)10(12,7-13-3)8-4-5-8/h8,12H,4-7,11H2,1-3H3. The number of hydrogen-bond acceptors (Lipinski definition) is 3. The van der Waals surface area contributed by atoms with Crippen LogP contribution in [0.1, 0.15) is 26.7 Å². The minimum Gasteiger partial charge on any atom is -0.387 e. The van der Waals surface area contributed by atoms with Crippen LogP contribution in [0.15, 0.2) is 0 Å². The molecule has 0 aliphatic heterocycles. The second-order valence-electron chi connectivity index (χ2n) is 4.72. The summed E-state index contributed by atoms with van der Waals surface area (Å²) < 4.78 is 5.09. The molecule has 0 aromatic heterocycles. The van der Waals surface area contributed by atoms with Crippen LogP contribution in [0.5, 0.6) is 0 Å². The number of hydrogen-bond donors (Lipinski definition) is 2. The highest BCUT2D eigenvalue weighted by atomic mass is 16.5. The molecule has 0 heterocycles. The molecule has 1 rings (SSSR count). The normalized spacial score (nSPS) is 22.8. The van der Waals surface area contributed by atoms with Gasteiger partial charge in [0.1, 0.15) is 0 Å². The number of rotatable bonds is 5. The van der Waals surface area contributed by atoms with Crippen LogP contribution in [0.4, 0.5) is 0 Å². The first-order valence-electron chi connectivity index (χ1n) is 4.89. The molecular weight excluding hydrogens is 166 g/mol. The van der Waals surface area contributed by atoms with Crippen LogP contribution in [0.25, 0.3) is 0 Å². The van der Waals surface area contributed by atoms with Crippen LogP contribution >= 0.6 is 0 Å². The molecular formula is C10H21NO2. The second kappa shape index (κ2) is 3.56.